The number of rotatable bonds is 6. The second kappa shape index (κ2) is 8.72. The zero-order valence-electron chi connectivity index (χ0n) is 15.2. The van der Waals surface area contributed by atoms with E-state index in [1.807, 2.05) is 14.1 Å². The lowest BCUT2D eigenvalue weighted by Crippen LogP contribution is -1.86. The highest BCUT2D eigenvalue weighted by Crippen LogP contribution is 2.15. The maximum Gasteiger partial charge on any atom is 0.0337 e. The summed E-state index contributed by atoms with van der Waals surface area (Å²) in [6.45, 7) is 0. The summed E-state index contributed by atoms with van der Waals surface area (Å²) in [5.41, 5.74) is 7.02. The van der Waals surface area contributed by atoms with Gasteiger partial charge in [-0.3, -0.25) is 0 Å². The third-order valence-corrected chi connectivity index (χ3v) is 4.27. The number of nitrogens with one attached hydrogen (secondary N) is 2. The summed E-state index contributed by atoms with van der Waals surface area (Å²) >= 11 is 0. The van der Waals surface area contributed by atoms with Crippen molar-refractivity contribution in [2.75, 3.05) is 24.7 Å². The fraction of sp³-hybridized carbons (Fsp3) is 0.0833. The molecule has 0 radical (unpaired) electrons. The smallest absolute Gasteiger partial charge is 0.0337 e. The lowest BCUT2D eigenvalue weighted by molar-refractivity contribution is 1.51. The summed E-state index contributed by atoms with van der Waals surface area (Å²) in [5, 5.41) is 6.26. The van der Waals surface area contributed by atoms with Gasteiger partial charge in [-0.25, -0.2) is 0 Å². The molecule has 130 valence electrons. The molecular weight excluding hydrogens is 316 g/mol. The SMILES string of the molecule is CNc1ccc(C=Cc2ccc(C=Cc3ccc(NC)cc3)cc2)cc1. The first kappa shape index (κ1) is 17.6. The molecule has 0 aliphatic heterocycles. The minimum Gasteiger partial charge on any atom is -0.388 e. The van der Waals surface area contributed by atoms with E-state index in [9.17, 15) is 0 Å². The van der Waals surface area contributed by atoms with Crippen LogP contribution >= 0.6 is 0 Å². The fourth-order valence-corrected chi connectivity index (χ4v) is 2.62. The van der Waals surface area contributed by atoms with Gasteiger partial charge in [-0.2, -0.15) is 0 Å². The van der Waals surface area contributed by atoms with Crippen molar-refractivity contribution in [2.24, 2.45) is 0 Å². The van der Waals surface area contributed by atoms with Crippen molar-refractivity contribution in [3.8, 4) is 0 Å². The van der Waals surface area contributed by atoms with Crippen LogP contribution in [0.3, 0.4) is 0 Å². The predicted molar refractivity (Wildman–Crippen MR) is 116 cm³/mol. The second-order valence-electron chi connectivity index (χ2n) is 6.08. The van der Waals surface area contributed by atoms with Gasteiger partial charge < -0.3 is 10.6 Å². The van der Waals surface area contributed by atoms with E-state index in [0.717, 1.165) is 11.4 Å². The zero-order valence-corrected chi connectivity index (χ0v) is 15.2. The minimum absolute atomic E-state index is 1.12. The Balaban J connectivity index is 1.63. The Hall–Kier alpha value is -3.26. The molecule has 2 heteroatoms. The summed E-state index contributed by atoms with van der Waals surface area (Å²) in [7, 11) is 3.86. The molecule has 3 rings (SSSR count). The molecule has 2 N–H and O–H groups in total. The van der Waals surface area contributed by atoms with Crippen molar-refractivity contribution in [1.82, 2.24) is 0 Å². The number of benzene rings is 3. The summed E-state index contributed by atoms with van der Waals surface area (Å²) in [4.78, 5) is 0. The van der Waals surface area contributed by atoms with Crippen molar-refractivity contribution in [1.29, 1.82) is 0 Å². The summed E-state index contributed by atoms with van der Waals surface area (Å²) in [5.74, 6) is 0. The summed E-state index contributed by atoms with van der Waals surface area (Å²) in [6, 6.07) is 25.3. The average molecular weight is 340 g/mol. The van der Waals surface area contributed by atoms with Crippen LogP contribution < -0.4 is 10.6 Å². The van der Waals surface area contributed by atoms with Gasteiger partial charge in [0.2, 0.25) is 0 Å². The van der Waals surface area contributed by atoms with Crippen LogP contribution in [-0.4, -0.2) is 14.1 Å². The Bertz CT molecular complexity index is 795. The van der Waals surface area contributed by atoms with Crippen molar-refractivity contribution < 1.29 is 0 Å². The van der Waals surface area contributed by atoms with E-state index in [1.165, 1.54) is 22.3 Å². The first-order valence-corrected chi connectivity index (χ1v) is 8.79. The summed E-state index contributed by atoms with van der Waals surface area (Å²) in [6.07, 6.45) is 8.54. The third kappa shape index (κ3) is 4.87. The predicted octanol–water partition coefficient (Wildman–Crippen LogP) is 6.11. The molecule has 26 heavy (non-hydrogen) atoms. The van der Waals surface area contributed by atoms with Crippen LogP contribution in [0.4, 0.5) is 11.4 Å². The number of hydrogen-bond donors (Lipinski definition) is 2. The first-order valence-electron chi connectivity index (χ1n) is 8.79. The van der Waals surface area contributed by atoms with Gasteiger partial charge in [0.1, 0.15) is 0 Å². The molecule has 0 aliphatic rings. The van der Waals surface area contributed by atoms with E-state index in [4.69, 9.17) is 0 Å². The molecule has 0 spiro atoms. The largest absolute Gasteiger partial charge is 0.388 e. The van der Waals surface area contributed by atoms with Crippen LogP contribution in [0.5, 0.6) is 0 Å². The van der Waals surface area contributed by atoms with Crippen LogP contribution in [0.2, 0.25) is 0 Å². The monoisotopic (exact) mass is 340 g/mol. The Morgan fingerprint density at radius 3 is 0.885 bits per heavy atom. The molecule has 2 nitrogen and oxygen atoms in total. The maximum atomic E-state index is 3.13. The van der Waals surface area contributed by atoms with Crippen molar-refractivity contribution in [3.05, 3.63) is 95.1 Å². The van der Waals surface area contributed by atoms with Gasteiger partial charge in [0.25, 0.3) is 0 Å². The fourth-order valence-electron chi connectivity index (χ4n) is 2.62. The molecule has 0 saturated carbocycles. The Morgan fingerprint density at radius 1 is 0.423 bits per heavy atom. The second-order valence-corrected chi connectivity index (χ2v) is 6.08. The highest BCUT2D eigenvalue weighted by atomic mass is 14.8. The molecule has 0 atom stereocenters. The molecule has 0 saturated heterocycles. The van der Waals surface area contributed by atoms with E-state index in [1.54, 1.807) is 0 Å². The molecule has 0 unspecified atom stereocenters. The standard InChI is InChI=1S/C24H24N2/c1-25-23-15-11-21(12-16-23)9-7-19-3-5-20(6-4-19)8-10-22-13-17-24(26-2)18-14-22/h3-18,25-26H,1-2H3. The van der Waals surface area contributed by atoms with Gasteiger partial charge in [-0.1, -0.05) is 72.8 Å². The maximum absolute atomic E-state index is 3.13. The molecule has 0 bridgehead atoms. The third-order valence-electron chi connectivity index (χ3n) is 4.27. The van der Waals surface area contributed by atoms with E-state index in [-0.39, 0.29) is 0 Å². The molecule has 0 heterocycles. The molecule has 0 fully saturated rings. The average Bonchev–Trinajstić information content (AvgIpc) is 2.72. The minimum atomic E-state index is 1.12. The first-order chi connectivity index (χ1) is 12.8. The number of anilines is 2. The van der Waals surface area contributed by atoms with Gasteiger partial charge in [0.15, 0.2) is 0 Å². The van der Waals surface area contributed by atoms with Gasteiger partial charge in [0, 0.05) is 25.5 Å². The molecule has 0 aromatic heterocycles. The topological polar surface area (TPSA) is 24.1 Å². The Kier molecular flexibility index (Phi) is 5.89. The van der Waals surface area contributed by atoms with Crippen molar-refractivity contribution >= 4 is 35.7 Å². The Morgan fingerprint density at radius 2 is 0.654 bits per heavy atom. The van der Waals surface area contributed by atoms with Crippen molar-refractivity contribution in [3.63, 3.8) is 0 Å². The lowest BCUT2D eigenvalue weighted by atomic mass is 10.1. The Labute approximate surface area is 155 Å². The van der Waals surface area contributed by atoms with E-state index in [0.29, 0.717) is 0 Å². The van der Waals surface area contributed by atoms with Gasteiger partial charge >= 0.3 is 0 Å². The molecule has 0 amide bonds. The number of hydrogen-bond acceptors (Lipinski definition) is 2. The van der Waals surface area contributed by atoms with E-state index in [2.05, 4.69) is 108 Å². The van der Waals surface area contributed by atoms with Crippen LogP contribution in [0.1, 0.15) is 22.3 Å². The molecule has 3 aromatic carbocycles. The van der Waals surface area contributed by atoms with Gasteiger partial charge in [-0.15, -0.1) is 0 Å². The highest BCUT2D eigenvalue weighted by molar-refractivity contribution is 5.73. The van der Waals surface area contributed by atoms with Crippen LogP contribution in [0.25, 0.3) is 24.3 Å². The molecular formula is C24H24N2. The van der Waals surface area contributed by atoms with Gasteiger partial charge in [-0.05, 0) is 46.5 Å². The van der Waals surface area contributed by atoms with Crippen molar-refractivity contribution in [2.45, 2.75) is 0 Å². The quantitative estimate of drug-likeness (QED) is 0.529. The van der Waals surface area contributed by atoms with E-state index >= 15 is 0 Å². The highest BCUT2D eigenvalue weighted by Gasteiger charge is 1.92. The zero-order chi connectivity index (χ0) is 18.2. The molecule has 3 aromatic rings. The van der Waals surface area contributed by atoms with Crippen LogP contribution in [-0.2, 0) is 0 Å². The summed E-state index contributed by atoms with van der Waals surface area (Å²) < 4.78 is 0. The lowest BCUT2D eigenvalue weighted by Gasteiger charge is -2.01. The van der Waals surface area contributed by atoms with Crippen LogP contribution in [0.15, 0.2) is 72.8 Å². The van der Waals surface area contributed by atoms with Gasteiger partial charge in [0.05, 0.1) is 0 Å². The molecule has 0 aliphatic carbocycles. The van der Waals surface area contributed by atoms with E-state index < -0.39 is 0 Å². The normalized spacial score (nSPS) is 11.2. The van der Waals surface area contributed by atoms with Crippen LogP contribution in [0, 0.1) is 0 Å².